The maximum atomic E-state index is 14.5. The van der Waals surface area contributed by atoms with Gasteiger partial charge in [0, 0.05) is 21.7 Å². The summed E-state index contributed by atoms with van der Waals surface area (Å²) < 4.78 is 49.9. The monoisotopic (exact) mass is 591 g/mol. The molecule has 2 aromatic heterocycles. The number of ether oxygens (including phenoxy) is 1. The molecule has 208 valence electrons. The average Bonchev–Trinajstić information content (AvgIpc) is 3.45. The minimum absolute atomic E-state index is 0.0252. The minimum atomic E-state index is -5.29. The van der Waals surface area contributed by atoms with Crippen LogP contribution in [0.1, 0.15) is 28.5 Å². The number of primary amides is 1. The van der Waals surface area contributed by atoms with Gasteiger partial charge in [0.15, 0.2) is 5.13 Å². The number of aromatic nitrogens is 2. The maximum Gasteiger partial charge on any atom is 0.424 e. The molecule has 9 nitrogen and oxygen atoms in total. The molecule has 0 bridgehead atoms. The van der Waals surface area contributed by atoms with E-state index in [-0.39, 0.29) is 34.3 Å². The Morgan fingerprint density at radius 2 is 1.88 bits per heavy atom. The first-order valence-corrected chi connectivity index (χ1v) is 12.9. The molecule has 6 N–H and O–H groups in total. The van der Waals surface area contributed by atoms with Gasteiger partial charge in [-0.1, -0.05) is 35.1 Å². The Balaban J connectivity index is 1.58. The second-order valence-corrected chi connectivity index (χ2v) is 11.0. The lowest BCUT2D eigenvalue weighted by Crippen LogP contribution is -2.51. The van der Waals surface area contributed by atoms with Crippen molar-refractivity contribution >= 4 is 50.1 Å². The first-order chi connectivity index (χ1) is 18.7. The minimum Gasteiger partial charge on any atom is -0.489 e. The second kappa shape index (κ2) is 9.61. The van der Waals surface area contributed by atoms with E-state index in [1.54, 1.807) is 0 Å². The number of nitrogens with zero attached hydrogens (tertiary/aromatic N) is 2. The number of halogens is 4. The Morgan fingerprint density at radius 3 is 2.52 bits per heavy atom. The van der Waals surface area contributed by atoms with Gasteiger partial charge < -0.3 is 26.6 Å². The molecule has 2 amide bonds. The smallest absolute Gasteiger partial charge is 0.424 e. The van der Waals surface area contributed by atoms with Gasteiger partial charge in [-0.2, -0.15) is 13.2 Å². The summed E-state index contributed by atoms with van der Waals surface area (Å²) in [5.41, 5.74) is 6.12. The summed E-state index contributed by atoms with van der Waals surface area (Å²) in [5, 5.41) is 13.9. The van der Waals surface area contributed by atoms with Gasteiger partial charge in [-0.15, -0.1) is 0 Å². The lowest BCUT2D eigenvalue weighted by atomic mass is 9.81. The van der Waals surface area contributed by atoms with Crippen LogP contribution in [0.5, 0.6) is 5.75 Å². The number of hydrogen-bond acceptors (Lipinski definition) is 8. The van der Waals surface area contributed by atoms with Crippen LogP contribution in [0.4, 0.5) is 18.3 Å². The number of nitrogen functional groups attached to an aromatic ring is 1. The van der Waals surface area contributed by atoms with Crippen molar-refractivity contribution < 1.29 is 32.6 Å². The molecule has 4 aromatic rings. The summed E-state index contributed by atoms with van der Waals surface area (Å²) in [5.74, 6) is -1.66. The first kappa shape index (κ1) is 27.6. The number of carbonyl (C=O) groups excluding carboxylic acids is 2. The van der Waals surface area contributed by atoms with E-state index in [1.165, 1.54) is 49.4 Å². The quantitative estimate of drug-likeness (QED) is 0.265. The van der Waals surface area contributed by atoms with Crippen molar-refractivity contribution in [1.29, 1.82) is 0 Å². The van der Waals surface area contributed by atoms with Crippen molar-refractivity contribution in [3.63, 3.8) is 0 Å². The third kappa shape index (κ3) is 4.59. The fourth-order valence-corrected chi connectivity index (χ4v) is 5.23. The Hall–Kier alpha value is -3.94. The standard InChI is InChI=1S/C26H21ClF3N5O4S/c1-24(22(31)37)11-39-20-15(24)9-18(35-19(20)12-2-5-14(27)6-3-12)25(38,26(28,29)30)10-33-21(36)13-4-7-16-17(8-13)40-23(32)34-16/h2-9,38H,10-11H2,1H3,(H2,31,37)(H2,32,34)(H,33,36)/t24-,25?/m0/s1. The SMILES string of the molecule is C[C@]1(C(N)=O)COc2c1cc(C(O)(CNC(=O)c1ccc3nc(N)sc3c1)C(F)(F)F)nc2-c1ccc(Cl)cc1. The van der Waals surface area contributed by atoms with Crippen molar-refractivity contribution in [2.45, 2.75) is 24.1 Å². The number of thiazole rings is 1. The van der Waals surface area contributed by atoms with Crippen LogP contribution >= 0.6 is 22.9 Å². The van der Waals surface area contributed by atoms with Crippen LogP contribution in [-0.2, 0) is 15.8 Å². The predicted octanol–water partition coefficient (Wildman–Crippen LogP) is 3.91. The van der Waals surface area contributed by atoms with Crippen LogP contribution < -0.4 is 21.5 Å². The summed E-state index contributed by atoms with van der Waals surface area (Å²) in [4.78, 5) is 33.4. The van der Waals surface area contributed by atoms with E-state index in [0.717, 1.165) is 17.4 Å². The molecule has 0 radical (unpaired) electrons. The summed E-state index contributed by atoms with van der Waals surface area (Å²) in [6.45, 7) is -0.0966. The van der Waals surface area contributed by atoms with E-state index in [9.17, 15) is 27.9 Å². The molecule has 1 unspecified atom stereocenters. The fourth-order valence-electron chi connectivity index (χ4n) is 4.33. The number of fused-ring (bicyclic) bond motifs is 2. The van der Waals surface area contributed by atoms with Crippen LogP contribution in [0.2, 0.25) is 5.02 Å². The average molecular weight is 592 g/mol. The molecule has 2 aromatic carbocycles. The molecule has 40 heavy (non-hydrogen) atoms. The molecule has 0 saturated heterocycles. The number of benzene rings is 2. The van der Waals surface area contributed by atoms with E-state index in [0.29, 0.717) is 20.8 Å². The zero-order valence-electron chi connectivity index (χ0n) is 20.7. The second-order valence-electron chi connectivity index (χ2n) is 9.50. The van der Waals surface area contributed by atoms with Crippen LogP contribution in [0, 0.1) is 0 Å². The van der Waals surface area contributed by atoms with Gasteiger partial charge in [-0.25, -0.2) is 9.97 Å². The number of rotatable bonds is 6. The molecular formula is C26H21ClF3N5O4S. The highest BCUT2D eigenvalue weighted by atomic mass is 35.5. The Bertz CT molecular complexity index is 1660. The van der Waals surface area contributed by atoms with E-state index < -0.39 is 41.2 Å². The van der Waals surface area contributed by atoms with Crippen molar-refractivity contribution in [1.82, 2.24) is 15.3 Å². The molecule has 0 spiro atoms. The fraction of sp³-hybridized carbons (Fsp3) is 0.231. The lowest BCUT2D eigenvalue weighted by Gasteiger charge is -2.31. The number of hydrogen-bond donors (Lipinski definition) is 4. The number of carbonyl (C=O) groups is 2. The van der Waals surface area contributed by atoms with Crippen molar-refractivity contribution in [2.75, 3.05) is 18.9 Å². The molecule has 14 heteroatoms. The highest BCUT2D eigenvalue weighted by Crippen LogP contribution is 2.47. The Labute approximate surface area is 233 Å². The number of alkyl halides is 3. The largest absolute Gasteiger partial charge is 0.489 e. The number of pyridine rings is 1. The van der Waals surface area contributed by atoms with Crippen molar-refractivity contribution in [3.05, 3.63) is 70.4 Å². The number of anilines is 1. The Kier molecular flexibility index (Phi) is 6.63. The van der Waals surface area contributed by atoms with Crippen LogP contribution in [0.25, 0.3) is 21.5 Å². The summed E-state index contributed by atoms with van der Waals surface area (Å²) in [6, 6.07) is 11.3. The molecular weight excluding hydrogens is 571 g/mol. The molecule has 5 rings (SSSR count). The van der Waals surface area contributed by atoms with E-state index in [4.69, 9.17) is 27.8 Å². The van der Waals surface area contributed by atoms with E-state index in [1.807, 2.05) is 0 Å². The molecule has 1 aliphatic rings. The van der Waals surface area contributed by atoms with E-state index in [2.05, 4.69) is 15.3 Å². The van der Waals surface area contributed by atoms with Gasteiger partial charge in [0.05, 0.1) is 22.5 Å². The van der Waals surface area contributed by atoms with Gasteiger partial charge in [-0.3, -0.25) is 9.59 Å². The molecule has 0 fully saturated rings. The van der Waals surface area contributed by atoms with Gasteiger partial charge in [0.25, 0.3) is 5.91 Å². The zero-order chi connectivity index (χ0) is 29.0. The molecule has 2 atom stereocenters. The highest BCUT2D eigenvalue weighted by Gasteiger charge is 2.57. The maximum absolute atomic E-state index is 14.5. The van der Waals surface area contributed by atoms with Crippen LogP contribution in [0.3, 0.4) is 0 Å². The zero-order valence-corrected chi connectivity index (χ0v) is 22.2. The predicted molar refractivity (Wildman–Crippen MR) is 143 cm³/mol. The Morgan fingerprint density at radius 1 is 1.18 bits per heavy atom. The van der Waals surface area contributed by atoms with Gasteiger partial charge in [0.2, 0.25) is 11.5 Å². The third-order valence-electron chi connectivity index (χ3n) is 6.80. The highest BCUT2D eigenvalue weighted by molar-refractivity contribution is 7.22. The number of nitrogens with two attached hydrogens (primary N) is 2. The molecule has 0 aliphatic carbocycles. The third-order valence-corrected chi connectivity index (χ3v) is 7.90. The lowest BCUT2D eigenvalue weighted by molar-refractivity contribution is -0.265. The topological polar surface area (TPSA) is 153 Å². The molecule has 0 saturated carbocycles. The molecule has 3 heterocycles. The number of nitrogens with one attached hydrogen (secondary N) is 1. The van der Waals surface area contributed by atoms with Crippen molar-refractivity contribution in [3.8, 4) is 17.0 Å². The number of amides is 2. The van der Waals surface area contributed by atoms with Crippen LogP contribution in [0.15, 0.2) is 48.5 Å². The number of aliphatic hydroxyl groups is 1. The summed E-state index contributed by atoms with van der Waals surface area (Å²) >= 11 is 7.08. The summed E-state index contributed by atoms with van der Waals surface area (Å²) in [7, 11) is 0. The summed E-state index contributed by atoms with van der Waals surface area (Å²) in [6.07, 6.45) is -5.29. The van der Waals surface area contributed by atoms with E-state index >= 15 is 0 Å². The van der Waals surface area contributed by atoms with Gasteiger partial charge in [0.1, 0.15) is 23.5 Å². The van der Waals surface area contributed by atoms with Crippen LogP contribution in [-0.4, -0.2) is 46.2 Å². The first-order valence-electron chi connectivity index (χ1n) is 11.7. The van der Waals surface area contributed by atoms with Gasteiger partial charge in [-0.05, 0) is 43.3 Å². The molecule has 1 aliphatic heterocycles. The normalized spacial score (nSPS) is 18.1. The van der Waals surface area contributed by atoms with Crippen molar-refractivity contribution in [2.24, 2.45) is 5.73 Å². The van der Waals surface area contributed by atoms with Gasteiger partial charge >= 0.3 is 6.18 Å².